The maximum Gasteiger partial charge on any atom is 0.164 e. The molecule has 0 aliphatic heterocycles. The molecule has 0 aromatic heterocycles. The predicted octanol–water partition coefficient (Wildman–Crippen LogP) is 6.14. The highest BCUT2D eigenvalue weighted by atomic mass is 16.1. The number of ketones is 1. The number of carbonyl (C=O) groups excluding carboxylic acids is 1. The Labute approximate surface area is 131 Å². The van der Waals surface area contributed by atoms with E-state index in [2.05, 4.69) is 26.0 Å². The highest BCUT2D eigenvalue weighted by Gasteiger charge is 2.45. The van der Waals surface area contributed by atoms with E-state index >= 15 is 0 Å². The lowest BCUT2D eigenvalue weighted by atomic mass is 9.69. The summed E-state index contributed by atoms with van der Waals surface area (Å²) in [7, 11) is 0. The summed E-state index contributed by atoms with van der Waals surface area (Å²) >= 11 is 0. The van der Waals surface area contributed by atoms with E-state index in [4.69, 9.17) is 0 Å². The third kappa shape index (κ3) is 3.22. The molecule has 1 fully saturated rings. The van der Waals surface area contributed by atoms with Gasteiger partial charge >= 0.3 is 0 Å². The minimum absolute atomic E-state index is 0.209. The topological polar surface area (TPSA) is 17.1 Å². The molecule has 1 saturated carbocycles. The highest BCUT2D eigenvalue weighted by molar-refractivity contribution is 6.03. The van der Waals surface area contributed by atoms with Gasteiger partial charge in [-0.25, -0.2) is 0 Å². The monoisotopic (exact) mass is 288 g/mol. The minimum Gasteiger partial charge on any atom is -0.294 e. The summed E-state index contributed by atoms with van der Waals surface area (Å²) in [5, 5.41) is 0. The number of aryl methyl sites for hydroxylation is 2. The van der Waals surface area contributed by atoms with E-state index in [0.717, 1.165) is 12.0 Å². The van der Waals surface area contributed by atoms with Gasteiger partial charge in [0.1, 0.15) is 0 Å². The molecule has 0 N–H and O–H groups in total. The van der Waals surface area contributed by atoms with Crippen LogP contribution >= 0.6 is 0 Å². The summed E-state index contributed by atoms with van der Waals surface area (Å²) < 4.78 is 0. The van der Waals surface area contributed by atoms with Gasteiger partial charge in [-0.05, 0) is 43.4 Å². The summed E-state index contributed by atoms with van der Waals surface area (Å²) in [4.78, 5) is 12.3. The summed E-state index contributed by atoms with van der Waals surface area (Å²) in [6.07, 6.45) is 7.14. The van der Waals surface area contributed by atoms with Crippen molar-refractivity contribution in [1.29, 1.82) is 0 Å². The molecule has 1 aromatic rings. The minimum atomic E-state index is 0.209. The van der Waals surface area contributed by atoms with Crippen molar-refractivity contribution in [3.8, 4) is 0 Å². The average Bonchev–Trinajstić information content (AvgIpc) is 2.81. The van der Waals surface area contributed by atoms with E-state index in [1.165, 1.54) is 48.8 Å². The zero-order valence-corrected chi connectivity index (χ0v) is 14.8. The van der Waals surface area contributed by atoms with Crippen LogP contribution in [0.5, 0.6) is 0 Å². The largest absolute Gasteiger partial charge is 0.294 e. The van der Waals surface area contributed by atoms with Crippen LogP contribution in [-0.4, -0.2) is 5.78 Å². The second-order valence-corrected chi connectivity index (χ2v) is 5.89. The lowest BCUT2D eigenvalue weighted by molar-refractivity contribution is 0.0961. The second kappa shape index (κ2) is 7.77. The van der Waals surface area contributed by atoms with Crippen molar-refractivity contribution in [1.82, 2.24) is 0 Å². The first-order valence-electron chi connectivity index (χ1n) is 8.78. The van der Waals surface area contributed by atoms with Gasteiger partial charge in [0.2, 0.25) is 0 Å². The van der Waals surface area contributed by atoms with Crippen molar-refractivity contribution in [3.63, 3.8) is 0 Å². The lowest BCUT2D eigenvalue weighted by Gasteiger charge is -2.34. The zero-order valence-electron chi connectivity index (χ0n) is 14.8. The molecule has 0 amide bonds. The van der Waals surface area contributed by atoms with Crippen LogP contribution in [0.15, 0.2) is 12.1 Å². The van der Waals surface area contributed by atoms with Crippen molar-refractivity contribution >= 4 is 5.78 Å². The van der Waals surface area contributed by atoms with Gasteiger partial charge in [0, 0.05) is 17.4 Å². The summed E-state index contributed by atoms with van der Waals surface area (Å²) in [6, 6.07) is 4.30. The van der Waals surface area contributed by atoms with E-state index in [1.807, 2.05) is 27.7 Å². The van der Waals surface area contributed by atoms with Gasteiger partial charge in [0.25, 0.3) is 0 Å². The van der Waals surface area contributed by atoms with Crippen LogP contribution in [0, 0.1) is 13.8 Å². The molecule has 2 aliphatic carbocycles. The number of benzene rings is 1. The first-order chi connectivity index (χ1) is 10.1. The fourth-order valence-electron chi connectivity index (χ4n) is 3.99. The molecule has 0 bridgehead atoms. The molecule has 21 heavy (non-hydrogen) atoms. The first kappa shape index (κ1) is 17.9. The zero-order chi connectivity index (χ0) is 16.0. The van der Waals surface area contributed by atoms with E-state index in [9.17, 15) is 4.79 Å². The Morgan fingerprint density at radius 2 is 1.38 bits per heavy atom. The van der Waals surface area contributed by atoms with Crippen LogP contribution in [-0.2, 0) is 5.41 Å². The molecule has 1 heteroatoms. The van der Waals surface area contributed by atoms with E-state index in [0.29, 0.717) is 5.78 Å². The molecule has 0 heterocycles. The number of fused-ring (bicyclic) bond motifs is 2. The van der Waals surface area contributed by atoms with Crippen LogP contribution in [0.1, 0.15) is 93.3 Å². The van der Waals surface area contributed by atoms with E-state index in [-0.39, 0.29) is 5.41 Å². The Kier molecular flexibility index (Phi) is 6.64. The fraction of sp³-hybridized carbons (Fsp3) is 0.650. The van der Waals surface area contributed by atoms with E-state index < -0.39 is 0 Å². The number of rotatable bonds is 0. The van der Waals surface area contributed by atoms with Gasteiger partial charge in [-0.3, -0.25) is 4.79 Å². The first-order valence-corrected chi connectivity index (χ1v) is 8.78. The molecule has 0 radical (unpaired) electrons. The molecule has 1 nitrogen and oxygen atoms in total. The highest BCUT2D eigenvalue weighted by Crippen LogP contribution is 2.50. The van der Waals surface area contributed by atoms with Crippen molar-refractivity contribution in [2.75, 3.05) is 0 Å². The Morgan fingerprint density at radius 3 is 1.95 bits per heavy atom. The molecule has 0 unspecified atom stereocenters. The molecule has 0 atom stereocenters. The molecular weight excluding hydrogens is 256 g/mol. The van der Waals surface area contributed by atoms with Gasteiger partial charge in [-0.1, -0.05) is 59.1 Å². The third-order valence-electron chi connectivity index (χ3n) is 4.74. The van der Waals surface area contributed by atoms with Gasteiger partial charge < -0.3 is 0 Å². The Hall–Kier alpha value is -1.11. The van der Waals surface area contributed by atoms with Gasteiger partial charge in [0.15, 0.2) is 5.78 Å². The van der Waals surface area contributed by atoms with Crippen LogP contribution in [0.25, 0.3) is 0 Å². The lowest BCUT2D eigenvalue weighted by Crippen LogP contribution is -2.27. The third-order valence-corrected chi connectivity index (χ3v) is 4.74. The Balaban J connectivity index is 0.000000510. The SMILES string of the molecule is CC.CC.Cc1ccc(C)c2c1C(=O)CC21CCCCC1. The molecule has 1 spiro atoms. The predicted molar refractivity (Wildman–Crippen MR) is 92.3 cm³/mol. The molecule has 0 saturated heterocycles. The van der Waals surface area contributed by atoms with Crippen molar-refractivity contribution in [2.24, 2.45) is 0 Å². The quantitative estimate of drug-likeness (QED) is 0.560. The number of hydrogen-bond acceptors (Lipinski definition) is 1. The van der Waals surface area contributed by atoms with E-state index in [1.54, 1.807) is 0 Å². The van der Waals surface area contributed by atoms with Crippen LogP contribution in [0.3, 0.4) is 0 Å². The van der Waals surface area contributed by atoms with Crippen molar-refractivity contribution < 1.29 is 4.79 Å². The molecular formula is C20H32O. The van der Waals surface area contributed by atoms with Gasteiger partial charge in [0.05, 0.1) is 0 Å². The van der Waals surface area contributed by atoms with Crippen LogP contribution in [0.4, 0.5) is 0 Å². The summed E-state index contributed by atoms with van der Waals surface area (Å²) in [6.45, 7) is 12.3. The number of carbonyl (C=O) groups is 1. The molecule has 1 aromatic carbocycles. The average molecular weight is 288 g/mol. The molecule has 118 valence electrons. The second-order valence-electron chi connectivity index (χ2n) is 5.89. The number of Topliss-reactive ketones (excluding diaryl/α,β-unsaturated/α-hetero) is 1. The Morgan fingerprint density at radius 1 is 0.857 bits per heavy atom. The molecule has 2 aliphatic rings. The Bertz CT molecular complexity index is 479. The van der Waals surface area contributed by atoms with Crippen molar-refractivity contribution in [3.05, 3.63) is 34.4 Å². The van der Waals surface area contributed by atoms with Gasteiger partial charge in [-0.15, -0.1) is 0 Å². The summed E-state index contributed by atoms with van der Waals surface area (Å²) in [5.41, 5.74) is 5.19. The number of hydrogen-bond donors (Lipinski definition) is 0. The molecule has 3 rings (SSSR count). The maximum atomic E-state index is 12.3. The summed E-state index contributed by atoms with van der Waals surface area (Å²) in [5.74, 6) is 0.392. The standard InChI is InChI=1S/C16H20O.2C2H6/c1-11-6-7-12(2)15-14(11)13(17)10-16(15)8-4-3-5-9-16;2*1-2/h6-7H,3-5,8-10H2,1-2H3;2*1-2H3. The van der Waals surface area contributed by atoms with Crippen molar-refractivity contribution in [2.45, 2.75) is 85.5 Å². The van der Waals surface area contributed by atoms with Gasteiger partial charge in [-0.2, -0.15) is 0 Å². The van der Waals surface area contributed by atoms with Crippen LogP contribution in [0.2, 0.25) is 0 Å². The van der Waals surface area contributed by atoms with Crippen LogP contribution < -0.4 is 0 Å². The smallest absolute Gasteiger partial charge is 0.164 e. The normalized spacial score (nSPS) is 18.3. The maximum absolute atomic E-state index is 12.3. The fourth-order valence-corrected chi connectivity index (χ4v) is 3.99.